The zero-order valence-electron chi connectivity index (χ0n) is 19.1. The van der Waals surface area contributed by atoms with Crippen molar-refractivity contribution in [1.29, 1.82) is 0 Å². The third-order valence-corrected chi connectivity index (χ3v) is 6.34. The fourth-order valence-corrected chi connectivity index (χ4v) is 4.71. The first-order chi connectivity index (χ1) is 15.6. The molecule has 1 aliphatic heterocycles. The number of hydrogen-bond donors (Lipinski definition) is 0. The van der Waals surface area contributed by atoms with Gasteiger partial charge in [-0.1, -0.05) is 12.8 Å². The Labute approximate surface area is 188 Å². The molecule has 0 N–H and O–H groups in total. The van der Waals surface area contributed by atoms with E-state index in [0.29, 0.717) is 29.5 Å². The lowest BCUT2D eigenvalue weighted by Gasteiger charge is -2.38. The molecule has 7 heteroatoms. The Morgan fingerprint density at radius 1 is 0.844 bits per heavy atom. The third kappa shape index (κ3) is 4.24. The number of rotatable bonds is 7. The summed E-state index contributed by atoms with van der Waals surface area (Å²) >= 11 is 0. The Morgan fingerprint density at radius 2 is 1.50 bits per heavy atom. The van der Waals surface area contributed by atoms with Crippen molar-refractivity contribution >= 4 is 11.6 Å². The Balaban J connectivity index is 1.73. The highest BCUT2D eigenvalue weighted by molar-refractivity contribution is 6.07. The zero-order valence-corrected chi connectivity index (χ0v) is 19.1. The van der Waals surface area contributed by atoms with Crippen LogP contribution in [0.4, 0.5) is 0 Å². The van der Waals surface area contributed by atoms with E-state index in [4.69, 9.17) is 24.0 Å². The fraction of sp³-hybridized carbons (Fsp3) is 0.440. The number of fused-ring (bicyclic) bond motifs is 1. The number of hydrazone groups is 1. The van der Waals surface area contributed by atoms with E-state index < -0.39 is 0 Å². The second-order valence-corrected chi connectivity index (χ2v) is 8.17. The van der Waals surface area contributed by atoms with E-state index in [0.717, 1.165) is 42.5 Å². The van der Waals surface area contributed by atoms with E-state index in [9.17, 15) is 4.79 Å². The Kier molecular flexibility index (Phi) is 6.53. The van der Waals surface area contributed by atoms with Gasteiger partial charge in [0, 0.05) is 23.5 Å². The maximum atomic E-state index is 13.4. The summed E-state index contributed by atoms with van der Waals surface area (Å²) in [5, 5.41) is 6.48. The van der Waals surface area contributed by atoms with E-state index in [-0.39, 0.29) is 17.7 Å². The van der Waals surface area contributed by atoms with Crippen molar-refractivity contribution in [3.05, 3.63) is 47.5 Å². The molecule has 1 saturated carbocycles. The highest BCUT2D eigenvalue weighted by Crippen LogP contribution is 2.39. The number of hydrogen-bond acceptors (Lipinski definition) is 6. The molecule has 32 heavy (non-hydrogen) atoms. The number of benzene rings is 2. The minimum atomic E-state index is -0.0585. The third-order valence-electron chi connectivity index (χ3n) is 6.34. The second-order valence-electron chi connectivity index (χ2n) is 8.17. The number of nitrogens with zero attached hydrogens (tertiary/aromatic N) is 2. The summed E-state index contributed by atoms with van der Waals surface area (Å²) in [6.45, 7) is 0.354. The first-order valence-electron chi connectivity index (χ1n) is 10.9. The molecular weight excluding hydrogens is 408 g/mol. The molecule has 1 heterocycles. The maximum absolute atomic E-state index is 13.4. The van der Waals surface area contributed by atoms with Gasteiger partial charge < -0.3 is 18.9 Å². The van der Waals surface area contributed by atoms with Crippen LogP contribution in [0.25, 0.3) is 0 Å². The predicted molar refractivity (Wildman–Crippen MR) is 122 cm³/mol. The van der Waals surface area contributed by atoms with Gasteiger partial charge in [-0.05, 0) is 48.7 Å². The SMILES string of the molecule is COc1cc(CN2N=C(c3ccc(OC)c(OC)c3)[C@H]3CCCC[C@H]3C2=O)cc(OC)c1. The molecule has 0 unspecified atom stereocenters. The first kappa shape index (κ1) is 22.0. The van der Waals surface area contributed by atoms with E-state index in [1.54, 1.807) is 33.4 Å². The molecular formula is C25H30N2O5. The molecule has 2 aliphatic rings. The van der Waals surface area contributed by atoms with Crippen LogP contribution in [0.3, 0.4) is 0 Å². The molecule has 1 aliphatic carbocycles. The summed E-state index contributed by atoms with van der Waals surface area (Å²) in [4.78, 5) is 13.4. The Bertz CT molecular complexity index is 997. The molecule has 0 saturated heterocycles. The molecule has 2 aromatic rings. The minimum Gasteiger partial charge on any atom is -0.497 e. The van der Waals surface area contributed by atoms with Gasteiger partial charge in [0.15, 0.2) is 11.5 Å². The maximum Gasteiger partial charge on any atom is 0.246 e. The summed E-state index contributed by atoms with van der Waals surface area (Å²) in [6, 6.07) is 11.5. The van der Waals surface area contributed by atoms with Gasteiger partial charge in [-0.2, -0.15) is 5.10 Å². The molecule has 4 rings (SSSR count). The number of ether oxygens (including phenoxy) is 4. The standard InChI is InChI=1S/C25H30N2O5/c1-29-18-11-16(12-19(14-18)30-2)15-27-25(28)21-8-6-5-7-20(21)24(26-27)17-9-10-22(31-3)23(13-17)32-4/h9-14,20-21H,5-8,15H2,1-4H3/t20-,21+/m0/s1. The van der Waals surface area contributed by atoms with Crippen LogP contribution >= 0.6 is 0 Å². The van der Waals surface area contributed by atoms with E-state index >= 15 is 0 Å². The van der Waals surface area contributed by atoms with E-state index in [2.05, 4.69) is 0 Å². The molecule has 0 aromatic heterocycles. The van der Waals surface area contributed by atoms with Crippen molar-refractivity contribution in [2.75, 3.05) is 28.4 Å². The monoisotopic (exact) mass is 438 g/mol. The van der Waals surface area contributed by atoms with Crippen LogP contribution in [0.2, 0.25) is 0 Å². The largest absolute Gasteiger partial charge is 0.497 e. The highest BCUT2D eigenvalue weighted by Gasteiger charge is 2.41. The van der Waals surface area contributed by atoms with Crippen LogP contribution in [0.5, 0.6) is 23.0 Å². The average Bonchev–Trinajstić information content (AvgIpc) is 2.85. The van der Waals surface area contributed by atoms with Gasteiger partial charge >= 0.3 is 0 Å². The number of amides is 1. The fourth-order valence-electron chi connectivity index (χ4n) is 4.71. The minimum absolute atomic E-state index is 0.0585. The average molecular weight is 439 g/mol. The molecule has 2 aromatic carbocycles. The van der Waals surface area contributed by atoms with Gasteiger partial charge in [0.25, 0.3) is 0 Å². The Hall–Kier alpha value is -3.22. The number of methoxy groups -OCH3 is 4. The Morgan fingerprint density at radius 3 is 2.12 bits per heavy atom. The molecule has 170 valence electrons. The van der Waals surface area contributed by atoms with Crippen molar-refractivity contribution in [3.63, 3.8) is 0 Å². The molecule has 1 amide bonds. The lowest BCUT2D eigenvalue weighted by atomic mass is 9.73. The van der Waals surface area contributed by atoms with Gasteiger partial charge in [-0.3, -0.25) is 4.79 Å². The van der Waals surface area contributed by atoms with E-state index in [1.807, 2.05) is 36.4 Å². The number of carbonyl (C=O) groups is 1. The quantitative estimate of drug-likeness (QED) is 0.646. The second kappa shape index (κ2) is 9.51. The van der Waals surface area contributed by atoms with Crippen molar-refractivity contribution < 1.29 is 23.7 Å². The summed E-state index contributed by atoms with van der Waals surface area (Å²) in [5.74, 6) is 2.83. The highest BCUT2D eigenvalue weighted by atomic mass is 16.5. The van der Waals surface area contributed by atoms with Crippen molar-refractivity contribution in [1.82, 2.24) is 5.01 Å². The lowest BCUT2D eigenvalue weighted by Crippen LogP contribution is -2.45. The van der Waals surface area contributed by atoms with Gasteiger partial charge in [0.2, 0.25) is 5.91 Å². The van der Waals surface area contributed by atoms with Crippen molar-refractivity contribution in [3.8, 4) is 23.0 Å². The van der Waals surface area contributed by atoms with Gasteiger partial charge in [-0.25, -0.2) is 5.01 Å². The van der Waals surface area contributed by atoms with Crippen LogP contribution < -0.4 is 18.9 Å². The summed E-state index contributed by atoms with van der Waals surface area (Å²) in [5.41, 5.74) is 2.80. The van der Waals surface area contributed by atoms with Crippen LogP contribution in [-0.2, 0) is 11.3 Å². The molecule has 1 fully saturated rings. The van der Waals surface area contributed by atoms with Crippen molar-refractivity contribution in [2.24, 2.45) is 16.9 Å². The lowest BCUT2D eigenvalue weighted by molar-refractivity contribution is -0.139. The zero-order chi connectivity index (χ0) is 22.7. The van der Waals surface area contributed by atoms with Gasteiger partial charge in [0.05, 0.1) is 40.7 Å². The van der Waals surface area contributed by atoms with Crippen LogP contribution in [0.15, 0.2) is 41.5 Å². The summed E-state index contributed by atoms with van der Waals surface area (Å²) < 4.78 is 21.7. The molecule has 7 nitrogen and oxygen atoms in total. The predicted octanol–water partition coefficient (Wildman–Crippen LogP) is 4.27. The van der Waals surface area contributed by atoms with Gasteiger partial charge in [0.1, 0.15) is 11.5 Å². The van der Waals surface area contributed by atoms with Crippen LogP contribution in [-0.4, -0.2) is 45.1 Å². The smallest absolute Gasteiger partial charge is 0.246 e. The number of carbonyl (C=O) groups excluding carboxylic acids is 1. The molecule has 0 spiro atoms. The summed E-state index contributed by atoms with van der Waals surface area (Å²) in [6.07, 6.45) is 4.01. The topological polar surface area (TPSA) is 69.6 Å². The normalized spacial score (nSPS) is 20.3. The first-order valence-corrected chi connectivity index (χ1v) is 10.9. The van der Waals surface area contributed by atoms with E-state index in [1.165, 1.54) is 0 Å². The molecule has 0 radical (unpaired) electrons. The molecule has 2 atom stereocenters. The van der Waals surface area contributed by atoms with Gasteiger partial charge in [-0.15, -0.1) is 0 Å². The molecule has 0 bridgehead atoms. The van der Waals surface area contributed by atoms with Crippen LogP contribution in [0, 0.1) is 11.8 Å². The van der Waals surface area contributed by atoms with Crippen LogP contribution in [0.1, 0.15) is 36.8 Å². The summed E-state index contributed by atoms with van der Waals surface area (Å²) in [7, 11) is 6.48. The van der Waals surface area contributed by atoms with Crippen molar-refractivity contribution in [2.45, 2.75) is 32.2 Å².